The van der Waals surface area contributed by atoms with Crippen molar-refractivity contribution >= 4 is 5.91 Å². The summed E-state index contributed by atoms with van der Waals surface area (Å²) >= 11 is 0. The zero-order valence-corrected chi connectivity index (χ0v) is 10.1. The molecule has 0 bridgehead atoms. The fraction of sp³-hybridized carbons (Fsp3) is 0.818. The van der Waals surface area contributed by atoms with Crippen LogP contribution in [-0.4, -0.2) is 53.4 Å². The van der Waals surface area contributed by atoms with E-state index >= 15 is 0 Å². The highest BCUT2D eigenvalue weighted by molar-refractivity contribution is 5.79. The molecule has 5 nitrogen and oxygen atoms in total. The van der Waals surface area contributed by atoms with Gasteiger partial charge >= 0.3 is 0 Å². The van der Waals surface area contributed by atoms with Crippen LogP contribution in [-0.2, 0) is 4.79 Å². The number of aliphatic hydroxyl groups is 1. The van der Waals surface area contributed by atoms with Gasteiger partial charge in [-0.3, -0.25) is 4.79 Å². The molecule has 0 aromatic carbocycles. The van der Waals surface area contributed by atoms with Crippen LogP contribution in [0.2, 0.25) is 0 Å². The third-order valence-corrected chi connectivity index (χ3v) is 2.83. The van der Waals surface area contributed by atoms with Crippen molar-refractivity contribution in [2.24, 2.45) is 0 Å². The van der Waals surface area contributed by atoms with E-state index < -0.39 is 17.8 Å². The average molecular weight is 243 g/mol. The number of carbonyl (C=O) groups is 1. The molecule has 1 amide bonds. The summed E-state index contributed by atoms with van der Waals surface area (Å²) in [7, 11) is 0. The summed E-state index contributed by atoms with van der Waals surface area (Å²) in [6.45, 7) is 3.39. The monoisotopic (exact) mass is 243 g/mol. The first-order chi connectivity index (χ1) is 7.89. The Balaban J connectivity index is 2.51. The zero-order chi connectivity index (χ0) is 13.1. The summed E-state index contributed by atoms with van der Waals surface area (Å²) in [5.41, 5.74) is -0.563. The van der Waals surface area contributed by atoms with E-state index in [-0.39, 0.29) is 32.0 Å². The Morgan fingerprint density at radius 2 is 2.35 bits per heavy atom. The van der Waals surface area contributed by atoms with E-state index in [9.17, 15) is 9.18 Å². The lowest BCUT2D eigenvalue weighted by molar-refractivity contribution is -0.130. The molecular formula is C11H18FN3O2. The van der Waals surface area contributed by atoms with Crippen LogP contribution in [0.3, 0.4) is 0 Å². The number of carbonyl (C=O) groups excluding carboxylic acids is 1. The maximum atomic E-state index is 13.1. The number of amides is 1. The van der Waals surface area contributed by atoms with E-state index in [1.165, 1.54) is 4.90 Å². The summed E-state index contributed by atoms with van der Waals surface area (Å²) in [6.07, 6.45) is -1.03. The number of nitrogens with one attached hydrogen (secondary N) is 1. The van der Waals surface area contributed by atoms with E-state index in [1.807, 2.05) is 6.07 Å². The molecule has 6 heteroatoms. The van der Waals surface area contributed by atoms with Crippen LogP contribution < -0.4 is 5.32 Å². The SMILES string of the molecule is CC(C)(CO)NCC(=O)N1CC(F)CC1C#N. The van der Waals surface area contributed by atoms with Gasteiger partial charge in [0.25, 0.3) is 0 Å². The Morgan fingerprint density at radius 3 is 2.88 bits per heavy atom. The highest BCUT2D eigenvalue weighted by Crippen LogP contribution is 2.19. The van der Waals surface area contributed by atoms with Crippen molar-refractivity contribution < 1.29 is 14.3 Å². The predicted octanol–water partition coefficient (Wildman–Crippen LogP) is -0.191. The van der Waals surface area contributed by atoms with Gasteiger partial charge in [-0.05, 0) is 13.8 Å². The first-order valence-electron chi connectivity index (χ1n) is 5.58. The summed E-state index contributed by atoms with van der Waals surface area (Å²) in [5, 5.41) is 20.7. The Kier molecular flexibility index (Phi) is 4.43. The molecule has 2 atom stereocenters. The van der Waals surface area contributed by atoms with Crippen molar-refractivity contribution in [2.75, 3.05) is 19.7 Å². The number of nitrogens with zero attached hydrogens (tertiary/aromatic N) is 2. The lowest BCUT2D eigenvalue weighted by atomic mass is 10.1. The van der Waals surface area contributed by atoms with Crippen LogP contribution in [0.1, 0.15) is 20.3 Å². The minimum Gasteiger partial charge on any atom is -0.394 e. The Morgan fingerprint density at radius 1 is 1.71 bits per heavy atom. The van der Waals surface area contributed by atoms with Gasteiger partial charge in [-0.2, -0.15) is 5.26 Å². The summed E-state index contributed by atoms with van der Waals surface area (Å²) in [6, 6.07) is 1.25. The first kappa shape index (κ1) is 13.9. The molecule has 0 radical (unpaired) electrons. The molecule has 0 saturated carbocycles. The number of alkyl halides is 1. The van der Waals surface area contributed by atoms with Gasteiger partial charge in [-0.15, -0.1) is 0 Å². The average Bonchev–Trinajstić information content (AvgIpc) is 2.67. The number of hydrogen-bond acceptors (Lipinski definition) is 4. The van der Waals surface area contributed by atoms with Gasteiger partial charge in [0.15, 0.2) is 0 Å². The second-order valence-electron chi connectivity index (χ2n) is 4.92. The number of halogens is 1. The van der Waals surface area contributed by atoms with Crippen LogP contribution >= 0.6 is 0 Å². The van der Waals surface area contributed by atoms with E-state index in [4.69, 9.17) is 10.4 Å². The lowest BCUT2D eigenvalue weighted by Gasteiger charge is -2.26. The molecule has 1 rings (SSSR count). The van der Waals surface area contributed by atoms with Gasteiger partial charge in [0, 0.05) is 12.0 Å². The Labute approximate surface area is 100 Å². The molecule has 1 heterocycles. The van der Waals surface area contributed by atoms with Crippen molar-refractivity contribution in [1.29, 1.82) is 5.26 Å². The standard InChI is InChI=1S/C11H18FN3O2/c1-11(2,7-16)14-5-10(17)15-6-8(12)3-9(15)4-13/h8-9,14,16H,3,5-7H2,1-2H3. The number of hydrogen-bond donors (Lipinski definition) is 2. The quantitative estimate of drug-likeness (QED) is 0.717. The van der Waals surface area contributed by atoms with Crippen molar-refractivity contribution in [3.05, 3.63) is 0 Å². The molecular weight excluding hydrogens is 225 g/mol. The molecule has 2 unspecified atom stereocenters. The molecule has 0 aromatic heterocycles. The maximum absolute atomic E-state index is 13.1. The van der Waals surface area contributed by atoms with E-state index in [0.29, 0.717) is 0 Å². The van der Waals surface area contributed by atoms with Crippen molar-refractivity contribution in [3.63, 3.8) is 0 Å². The van der Waals surface area contributed by atoms with Crippen LogP contribution in [0.15, 0.2) is 0 Å². The topological polar surface area (TPSA) is 76.4 Å². The molecule has 2 N–H and O–H groups in total. The normalized spacial score (nSPS) is 24.8. The smallest absolute Gasteiger partial charge is 0.237 e. The number of aliphatic hydroxyl groups excluding tert-OH is 1. The van der Waals surface area contributed by atoms with Crippen LogP contribution in [0.4, 0.5) is 4.39 Å². The van der Waals surface area contributed by atoms with E-state index in [0.717, 1.165) is 0 Å². The zero-order valence-electron chi connectivity index (χ0n) is 10.1. The number of likely N-dealkylation sites (tertiary alicyclic amines) is 1. The van der Waals surface area contributed by atoms with Gasteiger partial charge < -0.3 is 15.3 Å². The molecule has 17 heavy (non-hydrogen) atoms. The summed E-state index contributed by atoms with van der Waals surface area (Å²) in [4.78, 5) is 13.0. The first-order valence-corrected chi connectivity index (χ1v) is 5.58. The maximum Gasteiger partial charge on any atom is 0.237 e. The van der Waals surface area contributed by atoms with Crippen molar-refractivity contribution in [1.82, 2.24) is 10.2 Å². The van der Waals surface area contributed by atoms with Crippen molar-refractivity contribution in [3.8, 4) is 6.07 Å². The lowest BCUT2D eigenvalue weighted by Crippen LogP contribution is -2.49. The molecule has 0 aromatic rings. The largest absolute Gasteiger partial charge is 0.394 e. The molecule has 0 aliphatic carbocycles. The molecule has 1 fully saturated rings. The van der Waals surface area contributed by atoms with Crippen LogP contribution in [0, 0.1) is 11.3 Å². The molecule has 1 aliphatic heterocycles. The van der Waals surface area contributed by atoms with Gasteiger partial charge in [0.05, 0.1) is 25.8 Å². The molecule has 96 valence electrons. The van der Waals surface area contributed by atoms with Gasteiger partial charge in [0.1, 0.15) is 12.2 Å². The third-order valence-electron chi connectivity index (χ3n) is 2.83. The van der Waals surface area contributed by atoms with Crippen LogP contribution in [0.25, 0.3) is 0 Å². The van der Waals surface area contributed by atoms with E-state index in [1.54, 1.807) is 13.8 Å². The van der Waals surface area contributed by atoms with Gasteiger partial charge in [-0.1, -0.05) is 0 Å². The minimum absolute atomic E-state index is 0.00153. The Bertz CT molecular complexity index is 327. The molecule has 1 aliphatic rings. The van der Waals surface area contributed by atoms with Crippen LogP contribution in [0.5, 0.6) is 0 Å². The van der Waals surface area contributed by atoms with E-state index in [2.05, 4.69) is 5.32 Å². The fourth-order valence-electron chi connectivity index (χ4n) is 1.66. The fourth-order valence-corrected chi connectivity index (χ4v) is 1.66. The highest BCUT2D eigenvalue weighted by atomic mass is 19.1. The number of nitriles is 1. The molecule has 0 spiro atoms. The third kappa shape index (κ3) is 3.65. The summed E-state index contributed by atoms with van der Waals surface area (Å²) in [5.74, 6) is -0.307. The van der Waals surface area contributed by atoms with Gasteiger partial charge in [0.2, 0.25) is 5.91 Å². The predicted molar refractivity (Wildman–Crippen MR) is 59.8 cm³/mol. The minimum atomic E-state index is -1.12. The highest BCUT2D eigenvalue weighted by Gasteiger charge is 2.35. The van der Waals surface area contributed by atoms with Gasteiger partial charge in [-0.25, -0.2) is 4.39 Å². The van der Waals surface area contributed by atoms with Crippen molar-refractivity contribution in [2.45, 2.75) is 38.0 Å². The number of rotatable bonds is 4. The second kappa shape index (κ2) is 5.43. The summed E-state index contributed by atoms with van der Waals surface area (Å²) < 4.78 is 13.1. The molecule has 1 saturated heterocycles. The second-order valence-corrected chi connectivity index (χ2v) is 4.92. The Hall–Kier alpha value is -1.19.